The highest BCUT2D eigenvalue weighted by molar-refractivity contribution is 6.08. The van der Waals surface area contributed by atoms with Gasteiger partial charge in [-0.25, -0.2) is 9.78 Å². The summed E-state index contributed by atoms with van der Waals surface area (Å²) in [5.41, 5.74) is 1.13. The summed E-state index contributed by atoms with van der Waals surface area (Å²) in [5.74, 6) is -1.51. The van der Waals surface area contributed by atoms with Crippen LogP contribution in [-0.4, -0.2) is 40.3 Å². The number of fused-ring (bicyclic) bond motifs is 1. The Labute approximate surface area is 167 Å². The maximum atomic E-state index is 12.9. The molecule has 2 amide bonds. The summed E-state index contributed by atoms with van der Waals surface area (Å²) in [7, 11) is 0. The molecule has 0 saturated heterocycles. The number of benzene rings is 1. The minimum atomic E-state index is -0.564. The van der Waals surface area contributed by atoms with Gasteiger partial charge in [0.25, 0.3) is 11.8 Å². The Hall–Kier alpha value is -3.94. The van der Waals surface area contributed by atoms with E-state index < -0.39 is 17.8 Å². The number of carbonyl (C=O) groups excluding carboxylic acids is 3. The highest BCUT2D eigenvalue weighted by Gasteiger charge is 2.22. The second kappa shape index (κ2) is 8.83. The van der Waals surface area contributed by atoms with E-state index in [1.807, 2.05) is 0 Å². The fraction of sp³-hybridized carbons (Fsp3) is 0.143. The van der Waals surface area contributed by atoms with Crippen molar-refractivity contribution in [1.29, 1.82) is 0 Å². The van der Waals surface area contributed by atoms with Gasteiger partial charge in [0.05, 0.1) is 23.4 Å². The second-order valence-corrected chi connectivity index (χ2v) is 5.96. The molecule has 0 bridgehead atoms. The van der Waals surface area contributed by atoms with Crippen molar-refractivity contribution < 1.29 is 19.1 Å². The number of carbonyl (C=O) groups is 3. The first-order valence-corrected chi connectivity index (χ1v) is 9.00. The number of imidazole rings is 1. The van der Waals surface area contributed by atoms with Gasteiger partial charge in [0.1, 0.15) is 0 Å². The third-order valence-corrected chi connectivity index (χ3v) is 4.04. The fourth-order valence-electron chi connectivity index (χ4n) is 2.77. The van der Waals surface area contributed by atoms with Crippen molar-refractivity contribution in [3.8, 4) is 0 Å². The molecule has 0 spiro atoms. The van der Waals surface area contributed by atoms with Gasteiger partial charge in [-0.1, -0.05) is 24.3 Å². The number of para-hydroxylation sites is 1. The normalized spacial score (nSPS) is 10.4. The highest BCUT2D eigenvalue weighted by Crippen LogP contribution is 2.19. The van der Waals surface area contributed by atoms with E-state index >= 15 is 0 Å². The van der Waals surface area contributed by atoms with Gasteiger partial charge in [-0.2, -0.15) is 0 Å². The number of amides is 2. The summed E-state index contributed by atoms with van der Waals surface area (Å²) in [6.45, 7) is 5.76. The van der Waals surface area contributed by atoms with Gasteiger partial charge in [0.15, 0.2) is 5.69 Å². The van der Waals surface area contributed by atoms with Crippen LogP contribution < -0.4 is 10.6 Å². The molecule has 0 unspecified atom stereocenters. The predicted molar refractivity (Wildman–Crippen MR) is 108 cm³/mol. The molecular weight excluding hydrogens is 372 g/mol. The molecule has 3 aromatic rings. The number of aromatic nitrogens is 2. The first-order valence-electron chi connectivity index (χ1n) is 9.00. The Balaban J connectivity index is 1.96. The van der Waals surface area contributed by atoms with Crippen LogP contribution in [0.4, 0.5) is 5.69 Å². The second-order valence-electron chi connectivity index (χ2n) is 5.96. The Morgan fingerprint density at radius 1 is 1.14 bits per heavy atom. The SMILES string of the molecule is C=CCNC(=O)c1nc(C(=O)Nc2ccccc2C(=O)OCC)n2ccccc12. The van der Waals surface area contributed by atoms with Crippen molar-refractivity contribution in [2.45, 2.75) is 6.92 Å². The summed E-state index contributed by atoms with van der Waals surface area (Å²) >= 11 is 0. The zero-order valence-corrected chi connectivity index (χ0v) is 15.8. The highest BCUT2D eigenvalue weighted by atomic mass is 16.5. The van der Waals surface area contributed by atoms with Crippen LogP contribution in [-0.2, 0) is 4.74 Å². The van der Waals surface area contributed by atoms with Gasteiger partial charge in [-0.3, -0.25) is 14.0 Å². The number of nitrogens with zero attached hydrogens (tertiary/aromatic N) is 2. The van der Waals surface area contributed by atoms with Crippen molar-refractivity contribution in [2.75, 3.05) is 18.5 Å². The number of anilines is 1. The van der Waals surface area contributed by atoms with Crippen molar-refractivity contribution >= 4 is 29.0 Å². The first-order chi connectivity index (χ1) is 14.1. The summed E-state index contributed by atoms with van der Waals surface area (Å²) < 4.78 is 6.55. The van der Waals surface area contributed by atoms with Gasteiger partial charge in [0, 0.05) is 12.7 Å². The Kier molecular flexibility index (Phi) is 6.03. The number of esters is 1. The molecule has 8 heteroatoms. The van der Waals surface area contributed by atoms with E-state index in [4.69, 9.17) is 4.74 Å². The zero-order valence-electron chi connectivity index (χ0n) is 15.8. The van der Waals surface area contributed by atoms with Crippen LogP contribution in [0.25, 0.3) is 5.52 Å². The van der Waals surface area contributed by atoms with Crippen molar-refractivity contribution in [2.24, 2.45) is 0 Å². The van der Waals surface area contributed by atoms with E-state index in [1.54, 1.807) is 61.7 Å². The Morgan fingerprint density at radius 2 is 1.90 bits per heavy atom. The first kappa shape index (κ1) is 19.8. The smallest absolute Gasteiger partial charge is 0.340 e. The average Bonchev–Trinajstić information content (AvgIpc) is 3.12. The molecule has 0 radical (unpaired) electrons. The molecule has 1 aromatic carbocycles. The largest absolute Gasteiger partial charge is 0.462 e. The van der Waals surface area contributed by atoms with E-state index in [2.05, 4.69) is 22.2 Å². The molecule has 8 nitrogen and oxygen atoms in total. The van der Waals surface area contributed by atoms with Gasteiger partial charge in [-0.15, -0.1) is 6.58 Å². The van der Waals surface area contributed by atoms with Crippen LogP contribution in [0.5, 0.6) is 0 Å². The summed E-state index contributed by atoms with van der Waals surface area (Å²) in [6, 6.07) is 11.7. The monoisotopic (exact) mass is 392 g/mol. The summed E-state index contributed by atoms with van der Waals surface area (Å²) in [4.78, 5) is 41.7. The maximum Gasteiger partial charge on any atom is 0.340 e. The summed E-state index contributed by atoms with van der Waals surface area (Å²) in [5, 5.41) is 5.34. The van der Waals surface area contributed by atoms with E-state index in [1.165, 1.54) is 4.40 Å². The minimum absolute atomic E-state index is 0.0167. The van der Waals surface area contributed by atoms with Crippen molar-refractivity contribution in [3.63, 3.8) is 0 Å². The fourth-order valence-corrected chi connectivity index (χ4v) is 2.77. The van der Waals surface area contributed by atoms with Gasteiger partial charge in [-0.05, 0) is 31.2 Å². The number of nitrogens with one attached hydrogen (secondary N) is 2. The number of rotatable bonds is 7. The molecule has 29 heavy (non-hydrogen) atoms. The van der Waals surface area contributed by atoms with Crippen LogP contribution in [0.1, 0.15) is 38.4 Å². The summed E-state index contributed by atoms with van der Waals surface area (Å²) in [6.07, 6.45) is 3.19. The lowest BCUT2D eigenvalue weighted by Crippen LogP contribution is -2.24. The van der Waals surface area contributed by atoms with Crippen LogP contribution in [0.3, 0.4) is 0 Å². The molecule has 0 fully saturated rings. The topological polar surface area (TPSA) is 102 Å². The van der Waals surface area contributed by atoms with Crippen molar-refractivity contribution in [1.82, 2.24) is 14.7 Å². The Bertz CT molecular complexity index is 1090. The number of pyridine rings is 1. The molecule has 0 aliphatic rings. The lowest BCUT2D eigenvalue weighted by Gasteiger charge is -2.09. The predicted octanol–water partition coefficient (Wildman–Crippen LogP) is 2.68. The molecule has 2 aromatic heterocycles. The van der Waals surface area contributed by atoms with Crippen LogP contribution in [0, 0.1) is 0 Å². The van der Waals surface area contributed by atoms with Crippen molar-refractivity contribution in [3.05, 3.63) is 78.4 Å². The average molecular weight is 392 g/mol. The molecule has 0 atom stereocenters. The zero-order chi connectivity index (χ0) is 20.8. The third-order valence-electron chi connectivity index (χ3n) is 4.04. The van der Waals surface area contributed by atoms with E-state index in [9.17, 15) is 14.4 Å². The van der Waals surface area contributed by atoms with Crippen LogP contribution >= 0.6 is 0 Å². The van der Waals surface area contributed by atoms with E-state index in [0.29, 0.717) is 11.2 Å². The standard InChI is InChI=1S/C21H20N4O4/c1-3-12-22-19(26)17-16-11-7-8-13-25(16)18(24-17)20(27)23-15-10-6-5-9-14(15)21(28)29-4-2/h3,5-11,13H,1,4,12H2,2H3,(H,22,26)(H,23,27). The maximum absolute atomic E-state index is 12.9. The molecule has 2 heterocycles. The number of hydrogen-bond donors (Lipinski definition) is 2. The minimum Gasteiger partial charge on any atom is -0.462 e. The number of hydrogen-bond acceptors (Lipinski definition) is 5. The Morgan fingerprint density at radius 3 is 2.66 bits per heavy atom. The van der Waals surface area contributed by atoms with E-state index in [-0.39, 0.29) is 30.2 Å². The molecule has 148 valence electrons. The molecule has 0 aliphatic heterocycles. The van der Waals surface area contributed by atoms with Gasteiger partial charge in [0.2, 0.25) is 5.82 Å². The van der Waals surface area contributed by atoms with Gasteiger partial charge < -0.3 is 15.4 Å². The molecular formula is C21H20N4O4. The lowest BCUT2D eigenvalue weighted by atomic mass is 10.2. The third kappa shape index (κ3) is 4.16. The molecule has 3 rings (SSSR count). The van der Waals surface area contributed by atoms with Crippen LogP contribution in [0.15, 0.2) is 61.3 Å². The molecule has 0 saturated carbocycles. The van der Waals surface area contributed by atoms with E-state index in [0.717, 1.165) is 0 Å². The van der Waals surface area contributed by atoms with Crippen LogP contribution in [0.2, 0.25) is 0 Å². The lowest BCUT2D eigenvalue weighted by molar-refractivity contribution is 0.0527. The quantitative estimate of drug-likeness (QED) is 0.475. The molecule has 0 aliphatic carbocycles. The molecule has 2 N–H and O–H groups in total. The van der Waals surface area contributed by atoms with Gasteiger partial charge >= 0.3 is 5.97 Å². The number of ether oxygens (including phenoxy) is 1.